The van der Waals surface area contributed by atoms with Crippen molar-refractivity contribution in [3.05, 3.63) is 60.4 Å². The third-order valence-corrected chi connectivity index (χ3v) is 5.71. The minimum absolute atomic E-state index is 0. The lowest BCUT2D eigenvalue weighted by atomic mass is 10.3. The molecule has 1 saturated carbocycles. The highest BCUT2D eigenvalue weighted by molar-refractivity contribution is 14.0. The van der Waals surface area contributed by atoms with Gasteiger partial charge in [0.15, 0.2) is 5.96 Å². The Kier molecular flexibility index (Phi) is 8.56. The lowest BCUT2D eigenvalue weighted by Crippen LogP contribution is -2.44. The number of anilines is 1. The van der Waals surface area contributed by atoms with Crippen LogP contribution in [0.15, 0.2) is 64.5 Å². The minimum Gasteiger partial charge on any atom is -0.355 e. The molecule has 2 aromatic carbocycles. The fourth-order valence-electron chi connectivity index (χ4n) is 2.59. The van der Waals surface area contributed by atoms with Crippen LogP contribution >= 0.6 is 35.7 Å². The topological polar surface area (TPSA) is 65.5 Å². The second-order valence-corrected chi connectivity index (χ2v) is 7.98. The number of hydrogen-bond donors (Lipinski definition) is 3. The van der Waals surface area contributed by atoms with E-state index < -0.39 is 0 Å². The molecule has 0 saturated heterocycles. The maximum absolute atomic E-state index is 13.2. The molecule has 0 radical (unpaired) electrons. The van der Waals surface area contributed by atoms with Gasteiger partial charge in [-0.1, -0.05) is 24.3 Å². The fraction of sp³-hybridized carbons (Fsp3) is 0.300. The molecule has 1 aliphatic carbocycles. The Hall–Kier alpha value is -1.81. The number of rotatable bonds is 7. The van der Waals surface area contributed by atoms with Gasteiger partial charge in [0.2, 0.25) is 5.91 Å². The van der Waals surface area contributed by atoms with Gasteiger partial charge in [0.25, 0.3) is 0 Å². The molecule has 0 bridgehead atoms. The Bertz CT molecular complexity index is 815. The molecule has 28 heavy (non-hydrogen) atoms. The molecule has 8 heteroatoms. The van der Waals surface area contributed by atoms with Crippen LogP contribution in [0.2, 0.25) is 0 Å². The van der Waals surface area contributed by atoms with Gasteiger partial charge in [-0.25, -0.2) is 4.39 Å². The zero-order valence-corrected chi connectivity index (χ0v) is 18.7. The highest BCUT2D eigenvalue weighted by atomic mass is 127. The van der Waals surface area contributed by atoms with E-state index in [1.807, 2.05) is 30.0 Å². The van der Waals surface area contributed by atoms with Gasteiger partial charge in [0.05, 0.1) is 6.54 Å². The van der Waals surface area contributed by atoms with Crippen LogP contribution in [0, 0.1) is 5.82 Å². The standard InChI is InChI=1S/C20H23FN4OS.HI/c1-22-19(23-13-18(26)25-16-7-5-6-15(21)12-16)24-14-20(10-11-20)27-17-8-3-2-4-9-17;/h2-9,12H,10-11,13-14H2,1H3,(H,25,26)(H2,22,23,24);1H. The third kappa shape index (κ3) is 6.97. The van der Waals surface area contributed by atoms with Crippen molar-refractivity contribution in [2.24, 2.45) is 4.99 Å². The number of amides is 1. The number of nitrogens with one attached hydrogen (secondary N) is 3. The number of benzene rings is 2. The quantitative estimate of drug-likeness (QED) is 0.298. The number of carbonyl (C=O) groups is 1. The Morgan fingerprint density at radius 1 is 1.14 bits per heavy atom. The normalized spacial score (nSPS) is 14.6. The summed E-state index contributed by atoms with van der Waals surface area (Å²) in [7, 11) is 1.67. The summed E-state index contributed by atoms with van der Waals surface area (Å²) in [5.41, 5.74) is 0.431. The van der Waals surface area contributed by atoms with Crippen molar-refractivity contribution in [1.82, 2.24) is 10.6 Å². The van der Waals surface area contributed by atoms with Crippen LogP contribution in [0.1, 0.15) is 12.8 Å². The maximum Gasteiger partial charge on any atom is 0.243 e. The van der Waals surface area contributed by atoms with Crippen molar-refractivity contribution in [2.45, 2.75) is 22.5 Å². The molecule has 0 aliphatic heterocycles. The number of hydrogen-bond acceptors (Lipinski definition) is 3. The van der Waals surface area contributed by atoms with Crippen LogP contribution in [0.3, 0.4) is 0 Å². The van der Waals surface area contributed by atoms with Gasteiger partial charge >= 0.3 is 0 Å². The minimum atomic E-state index is -0.385. The van der Waals surface area contributed by atoms with Crippen molar-refractivity contribution in [3.63, 3.8) is 0 Å². The van der Waals surface area contributed by atoms with Gasteiger partial charge in [-0.15, -0.1) is 35.7 Å². The second-order valence-electron chi connectivity index (χ2n) is 6.44. The molecule has 3 N–H and O–H groups in total. The molecule has 150 valence electrons. The summed E-state index contributed by atoms with van der Waals surface area (Å²) in [5.74, 6) is -0.0726. The zero-order chi connectivity index (χ0) is 19.1. The lowest BCUT2D eigenvalue weighted by molar-refractivity contribution is -0.115. The molecule has 1 amide bonds. The Labute approximate surface area is 186 Å². The number of aliphatic imine (C=N–C) groups is 1. The lowest BCUT2D eigenvalue weighted by Gasteiger charge is -2.18. The first kappa shape index (κ1) is 22.5. The Balaban J connectivity index is 0.00000280. The van der Waals surface area contributed by atoms with Gasteiger partial charge in [-0.2, -0.15) is 0 Å². The van der Waals surface area contributed by atoms with Crippen LogP contribution in [-0.2, 0) is 4.79 Å². The maximum atomic E-state index is 13.2. The summed E-state index contributed by atoms with van der Waals surface area (Å²) >= 11 is 1.88. The van der Waals surface area contributed by atoms with E-state index >= 15 is 0 Å². The zero-order valence-electron chi connectivity index (χ0n) is 15.6. The summed E-state index contributed by atoms with van der Waals surface area (Å²) in [6.07, 6.45) is 2.30. The molecule has 5 nitrogen and oxygen atoms in total. The first-order chi connectivity index (χ1) is 13.1. The van der Waals surface area contributed by atoms with Crippen molar-refractivity contribution >= 4 is 53.3 Å². The van der Waals surface area contributed by atoms with E-state index in [9.17, 15) is 9.18 Å². The van der Waals surface area contributed by atoms with E-state index in [2.05, 4.69) is 33.1 Å². The molecule has 0 heterocycles. The molecule has 1 aliphatic rings. The second kappa shape index (κ2) is 10.7. The smallest absolute Gasteiger partial charge is 0.243 e. The van der Waals surface area contributed by atoms with Gasteiger partial charge in [-0.3, -0.25) is 9.79 Å². The molecule has 2 aromatic rings. The molecule has 0 atom stereocenters. The first-order valence-corrected chi connectivity index (χ1v) is 9.64. The molecule has 3 rings (SSSR count). The van der Waals surface area contributed by atoms with Crippen LogP contribution in [0.25, 0.3) is 0 Å². The Morgan fingerprint density at radius 2 is 1.89 bits per heavy atom. The molecular formula is C20H24FIN4OS. The summed E-state index contributed by atoms with van der Waals surface area (Å²) in [6.45, 7) is 0.826. The predicted molar refractivity (Wildman–Crippen MR) is 124 cm³/mol. The van der Waals surface area contributed by atoms with Gasteiger partial charge in [0, 0.05) is 28.9 Å². The van der Waals surface area contributed by atoms with Crippen molar-refractivity contribution in [1.29, 1.82) is 0 Å². The highest BCUT2D eigenvalue weighted by Gasteiger charge is 2.43. The first-order valence-electron chi connectivity index (χ1n) is 8.83. The van der Waals surface area contributed by atoms with Crippen molar-refractivity contribution < 1.29 is 9.18 Å². The summed E-state index contributed by atoms with van der Waals surface area (Å²) in [6, 6.07) is 16.2. The number of guanidine groups is 1. The highest BCUT2D eigenvalue weighted by Crippen LogP contribution is 2.51. The van der Waals surface area contributed by atoms with Crippen molar-refractivity contribution in [2.75, 3.05) is 25.5 Å². The average molecular weight is 514 g/mol. The van der Waals surface area contributed by atoms with E-state index in [0.717, 1.165) is 19.4 Å². The molecule has 0 aromatic heterocycles. The van der Waals surface area contributed by atoms with E-state index in [-0.39, 0.29) is 47.0 Å². The van der Waals surface area contributed by atoms with E-state index in [1.54, 1.807) is 19.2 Å². The number of nitrogens with zero attached hydrogens (tertiary/aromatic N) is 1. The van der Waals surface area contributed by atoms with E-state index in [1.165, 1.54) is 17.0 Å². The van der Waals surface area contributed by atoms with Crippen LogP contribution < -0.4 is 16.0 Å². The summed E-state index contributed by atoms with van der Waals surface area (Å²) < 4.78 is 13.3. The monoisotopic (exact) mass is 514 g/mol. The largest absolute Gasteiger partial charge is 0.355 e. The summed E-state index contributed by atoms with van der Waals surface area (Å²) in [5, 5.41) is 8.94. The Morgan fingerprint density at radius 3 is 2.54 bits per heavy atom. The van der Waals surface area contributed by atoms with Gasteiger partial charge in [-0.05, 0) is 43.2 Å². The van der Waals surface area contributed by atoms with Gasteiger partial charge < -0.3 is 16.0 Å². The molecular weight excluding hydrogens is 490 g/mol. The molecule has 0 spiro atoms. The number of thioether (sulfide) groups is 1. The van der Waals surface area contributed by atoms with Crippen LogP contribution in [0.5, 0.6) is 0 Å². The average Bonchev–Trinajstić information content (AvgIpc) is 3.42. The number of halogens is 2. The van der Waals surface area contributed by atoms with E-state index in [4.69, 9.17) is 0 Å². The van der Waals surface area contributed by atoms with Crippen molar-refractivity contribution in [3.8, 4) is 0 Å². The fourth-order valence-corrected chi connectivity index (χ4v) is 3.84. The third-order valence-electron chi connectivity index (χ3n) is 4.21. The predicted octanol–water partition coefficient (Wildman–Crippen LogP) is 3.87. The van der Waals surface area contributed by atoms with Crippen LogP contribution in [-0.4, -0.2) is 36.8 Å². The summed E-state index contributed by atoms with van der Waals surface area (Å²) in [4.78, 5) is 17.4. The van der Waals surface area contributed by atoms with Crippen LogP contribution in [0.4, 0.5) is 10.1 Å². The number of carbonyl (C=O) groups excluding carboxylic acids is 1. The van der Waals surface area contributed by atoms with Gasteiger partial charge in [0.1, 0.15) is 5.82 Å². The molecule has 0 unspecified atom stereocenters. The van der Waals surface area contributed by atoms with E-state index in [0.29, 0.717) is 11.6 Å². The SMILES string of the molecule is CN=C(NCC(=O)Nc1cccc(F)c1)NCC1(Sc2ccccc2)CC1.I. The molecule has 1 fully saturated rings.